The Kier molecular flexibility index (Phi) is 7.00. The third-order valence-corrected chi connectivity index (χ3v) is 7.07. The minimum absolute atomic E-state index is 0.0882. The van der Waals surface area contributed by atoms with Crippen LogP contribution in [-0.2, 0) is 19.4 Å². The zero-order valence-electron chi connectivity index (χ0n) is 17.2. The van der Waals surface area contributed by atoms with E-state index in [1.165, 1.54) is 48.2 Å². The van der Waals surface area contributed by atoms with Gasteiger partial charge < -0.3 is 15.0 Å². The number of fused-ring (bicyclic) bond motifs is 1. The molecule has 1 N–H and O–H groups in total. The fourth-order valence-electron chi connectivity index (χ4n) is 3.12. The molecule has 32 heavy (non-hydrogen) atoms. The smallest absolute Gasteiger partial charge is 0.265 e. The number of hydrogen-bond acceptors (Lipinski definition) is 6. The first-order valence-electron chi connectivity index (χ1n) is 9.61. The molecule has 2 aromatic rings. The molecular formula is C22H21ClN2O6S. The normalized spacial score (nSPS) is 14.2. The first kappa shape index (κ1) is 23.5. The second-order valence-electron chi connectivity index (χ2n) is 7.13. The zero-order valence-corrected chi connectivity index (χ0v) is 18.8. The molecule has 0 aromatic heterocycles. The highest BCUT2D eigenvalue weighted by Gasteiger charge is 2.32. The lowest BCUT2D eigenvalue weighted by Gasteiger charge is -2.29. The van der Waals surface area contributed by atoms with Crippen LogP contribution in [0.1, 0.15) is 17.3 Å². The Hall–Kier alpha value is -3.17. The van der Waals surface area contributed by atoms with Gasteiger partial charge in [-0.25, -0.2) is 8.42 Å². The van der Waals surface area contributed by atoms with Gasteiger partial charge in [0.15, 0.2) is 22.2 Å². The molecule has 1 atom stereocenters. The van der Waals surface area contributed by atoms with Crippen molar-refractivity contribution in [3.63, 3.8) is 0 Å². The molecule has 0 saturated heterocycles. The monoisotopic (exact) mass is 476 g/mol. The first-order chi connectivity index (χ1) is 15.1. The lowest BCUT2D eigenvalue weighted by Crippen LogP contribution is -2.39. The van der Waals surface area contributed by atoms with Crippen molar-refractivity contribution in [3.05, 3.63) is 65.7 Å². The van der Waals surface area contributed by atoms with Crippen molar-refractivity contribution in [2.24, 2.45) is 0 Å². The lowest BCUT2D eigenvalue weighted by molar-refractivity contribution is -0.121. The van der Waals surface area contributed by atoms with E-state index in [2.05, 4.69) is 11.9 Å². The quantitative estimate of drug-likeness (QED) is 0.463. The van der Waals surface area contributed by atoms with E-state index < -0.39 is 32.5 Å². The number of anilines is 2. The summed E-state index contributed by atoms with van der Waals surface area (Å²) in [7, 11) is -4.11. The largest absolute Gasteiger partial charge is 0.482 e. The van der Waals surface area contributed by atoms with Crippen molar-refractivity contribution < 1.29 is 27.5 Å². The fraction of sp³-hybridized carbons (Fsp3) is 0.227. The number of ether oxygens (including phenoxy) is 1. The molecule has 8 nitrogen and oxygen atoms in total. The summed E-state index contributed by atoms with van der Waals surface area (Å²) < 4.78 is 30.8. The molecule has 0 aliphatic carbocycles. The number of carbonyl (C=O) groups is 3. The average Bonchev–Trinajstić information content (AvgIpc) is 2.75. The third kappa shape index (κ3) is 5.17. The number of nitrogens with zero attached hydrogens (tertiary/aromatic N) is 1. The van der Waals surface area contributed by atoms with Crippen LogP contribution in [0.15, 0.2) is 55.1 Å². The minimum Gasteiger partial charge on any atom is -0.482 e. The highest BCUT2D eigenvalue weighted by Crippen LogP contribution is 2.33. The lowest BCUT2D eigenvalue weighted by atomic mass is 10.1. The number of halogens is 1. The van der Waals surface area contributed by atoms with Gasteiger partial charge in [-0.2, -0.15) is 0 Å². The van der Waals surface area contributed by atoms with Gasteiger partial charge in [0.25, 0.3) is 5.91 Å². The van der Waals surface area contributed by atoms with Gasteiger partial charge in [-0.15, -0.1) is 6.58 Å². The van der Waals surface area contributed by atoms with Crippen molar-refractivity contribution >= 4 is 50.4 Å². The van der Waals surface area contributed by atoms with Crippen molar-refractivity contribution in [3.8, 4) is 5.75 Å². The van der Waals surface area contributed by atoms with Crippen LogP contribution in [0.5, 0.6) is 5.75 Å². The van der Waals surface area contributed by atoms with Gasteiger partial charge in [-0.05, 0) is 49.4 Å². The fourth-order valence-corrected chi connectivity index (χ4v) is 4.40. The number of rotatable bonds is 8. The Bertz CT molecular complexity index is 1180. The Morgan fingerprint density at radius 3 is 2.59 bits per heavy atom. The standard InChI is InChI=1S/C22H21ClN2O6S/c1-3-10-25-18-11-15(4-9-19(18)31-12-21(25)27)22(28)14(2)32(29,30)13-20(26)24-17-7-5-16(23)6-8-17/h3-9,11,14H,1,10,12-13H2,2H3,(H,24,26). The van der Waals surface area contributed by atoms with E-state index in [1.807, 2.05) is 0 Å². The van der Waals surface area contributed by atoms with E-state index in [0.717, 1.165) is 0 Å². The number of hydrogen-bond donors (Lipinski definition) is 1. The molecular weight excluding hydrogens is 456 g/mol. The van der Waals surface area contributed by atoms with Crippen LogP contribution < -0.4 is 15.0 Å². The molecule has 1 aliphatic rings. The van der Waals surface area contributed by atoms with Gasteiger partial charge in [0.05, 0.1) is 5.69 Å². The average molecular weight is 477 g/mol. The molecule has 1 aliphatic heterocycles. The van der Waals surface area contributed by atoms with Gasteiger partial charge in [0, 0.05) is 22.8 Å². The van der Waals surface area contributed by atoms with E-state index in [1.54, 1.807) is 12.1 Å². The summed E-state index contributed by atoms with van der Waals surface area (Å²) in [4.78, 5) is 38.7. The predicted molar refractivity (Wildman–Crippen MR) is 122 cm³/mol. The van der Waals surface area contributed by atoms with Gasteiger partial charge >= 0.3 is 0 Å². The second-order valence-corrected chi connectivity index (χ2v) is 9.89. The summed E-state index contributed by atoms with van der Waals surface area (Å²) in [6.45, 7) is 4.93. The highest BCUT2D eigenvalue weighted by molar-refractivity contribution is 7.93. The topological polar surface area (TPSA) is 110 Å². The number of Topliss-reactive ketones (excluding diaryl/α,β-unsaturated/α-hetero) is 1. The summed E-state index contributed by atoms with van der Waals surface area (Å²) >= 11 is 5.79. The number of sulfone groups is 1. The second kappa shape index (κ2) is 9.54. The summed E-state index contributed by atoms with van der Waals surface area (Å²) in [5.41, 5.74) is 0.831. The minimum atomic E-state index is -4.11. The summed E-state index contributed by atoms with van der Waals surface area (Å²) in [6, 6.07) is 10.5. The van der Waals surface area contributed by atoms with E-state index in [4.69, 9.17) is 16.3 Å². The van der Waals surface area contributed by atoms with Crippen LogP contribution in [0.25, 0.3) is 0 Å². The predicted octanol–water partition coefficient (Wildman–Crippen LogP) is 2.88. The van der Waals surface area contributed by atoms with E-state index >= 15 is 0 Å². The van der Waals surface area contributed by atoms with Crippen LogP contribution in [-0.4, -0.2) is 50.2 Å². The number of nitrogens with one attached hydrogen (secondary N) is 1. The van der Waals surface area contributed by atoms with Crippen LogP contribution in [0.2, 0.25) is 5.02 Å². The van der Waals surface area contributed by atoms with Crippen molar-refractivity contribution in [2.45, 2.75) is 12.2 Å². The van der Waals surface area contributed by atoms with Crippen molar-refractivity contribution in [1.82, 2.24) is 0 Å². The molecule has 2 aromatic carbocycles. The Morgan fingerprint density at radius 1 is 1.25 bits per heavy atom. The molecule has 168 valence electrons. The summed E-state index contributed by atoms with van der Waals surface area (Å²) in [5.74, 6) is -2.22. The van der Waals surface area contributed by atoms with Gasteiger partial charge in [-0.3, -0.25) is 14.4 Å². The molecule has 3 rings (SSSR count). The van der Waals surface area contributed by atoms with E-state index in [-0.39, 0.29) is 24.6 Å². The number of amides is 2. The SMILES string of the molecule is C=CCN1C(=O)COc2ccc(C(=O)C(C)S(=O)(=O)CC(=O)Nc3ccc(Cl)cc3)cc21. The summed E-state index contributed by atoms with van der Waals surface area (Å²) in [6.07, 6.45) is 1.54. The Balaban J connectivity index is 1.76. The number of ketones is 1. The van der Waals surface area contributed by atoms with Crippen LogP contribution in [0, 0.1) is 0 Å². The van der Waals surface area contributed by atoms with Crippen LogP contribution >= 0.6 is 11.6 Å². The van der Waals surface area contributed by atoms with E-state index in [0.29, 0.717) is 22.1 Å². The maximum atomic E-state index is 12.9. The molecule has 2 amide bonds. The Labute approximate surface area is 190 Å². The van der Waals surface area contributed by atoms with E-state index in [9.17, 15) is 22.8 Å². The maximum absolute atomic E-state index is 12.9. The molecule has 0 fully saturated rings. The zero-order chi connectivity index (χ0) is 23.5. The summed E-state index contributed by atoms with van der Waals surface area (Å²) in [5, 5.41) is 1.47. The molecule has 1 unspecified atom stereocenters. The molecule has 1 heterocycles. The third-order valence-electron chi connectivity index (χ3n) is 4.87. The molecule has 0 bridgehead atoms. The van der Waals surface area contributed by atoms with Crippen molar-refractivity contribution in [1.29, 1.82) is 0 Å². The number of benzene rings is 2. The highest BCUT2D eigenvalue weighted by atomic mass is 35.5. The first-order valence-corrected chi connectivity index (χ1v) is 11.7. The molecule has 10 heteroatoms. The molecule has 0 radical (unpaired) electrons. The van der Waals surface area contributed by atoms with Crippen molar-refractivity contribution in [2.75, 3.05) is 29.1 Å². The number of carbonyl (C=O) groups excluding carboxylic acids is 3. The maximum Gasteiger partial charge on any atom is 0.265 e. The molecule has 0 saturated carbocycles. The van der Waals surface area contributed by atoms with Crippen LogP contribution in [0.4, 0.5) is 11.4 Å². The van der Waals surface area contributed by atoms with Gasteiger partial charge in [0.1, 0.15) is 16.8 Å². The Morgan fingerprint density at radius 2 is 1.94 bits per heavy atom. The van der Waals surface area contributed by atoms with Gasteiger partial charge in [0.2, 0.25) is 5.91 Å². The van der Waals surface area contributed by atoms with Crippen LogP contribution in [0.3, 0.4) is 0 Å². The van der Waals surface area contributed by atoms with Gasteiger partial charge in [-0.1, -0.05) is 17.7 Å². The molecule has 0 spiro atoms.